The number of ether oxygens (including phenoxy) is 1. The Balaban J connectivity index is 1.76. The first kappa shape index (κ1) is 21.1. The molecule has 7 nitrogen and oxygen atoms in total. The molecule has 0 unspecified atom stereocenters. The van der Waals surface area contributed by atoms with Gasteiger partial charge in [0.1, 0.15) is 5.60 Å². The largest absolute Gasteiger partial charge is 0.444 e. The quantitative estimate of drug-likeness (QED) is 0.647. The Morgan fingerprint density at radius 2 is 2.04 bits per heavy atom. The average molecular weight is 378 g/mol. The van der Waals surface area contributed by atoms with E-state index >= 15 is 0 Å². The number of aromatic nitrogens is 1. The minimum atomic E-state index is -0.440. The number of piperidine rings is 1. The molecule has 1 aliphatic heterocycles. The van der Waals surface area contributed by atoms with Gasteiger partial charge in [0, 0.05) is 52.7 Å². The molecule has 1 N–H and O–H groups in total. The monoisotopic (exact) mass is 377 g/mol. The Bertz CT molecular complexity index is 639. The number of aliphatic imine (C=N–C) groups is 1. The number of carbonyl (C=O) groups excluding carboxylic acids is 1. The zero-order valence-electron chi connectivity index (χ0n) is 17.7. The van der Waals surface area contributed by atoms with E-state index in [-0.39, 0.29) is 6.09 Å². The van der Waals surface area contributed by atoms with Crippen LogP contribution in [0.4, 0.5) is 4.79 Å². The van der Waals surface area contributed by atoms with E-state index in [1.807, 2.05) is 39.8 Å². The van der Waals surface area contributed by atoms with E-state index < -0.39 is 5.60 Å². The predicted octanol–water partition coefficient (Wildman–Crippen LogP) is 2.68. The molecule has 0 radical (unpaired) electrons. The van der Waals surface area contributed by atoms with Crippen LogP contribution in [0.15, 0.2) is 23.3 Å². The third-order valence-corrected chi connectivity index (χ3v) is 4.84. The molecule has 0 saturated carbocycles. The number of nitrogens with one attached hydrogen (secondary N) is 1. The van der Waals surface area contributed by atoms with Crippen molar-refractivity contribution in [1.29, 1.82) is 0 Å². The second-order valence-corrected chi connectivity index (χ2v) is 8.31. The van der Waals surface area contributed by atoms with Crippen LogP contribution >= 0.6 is 0 Å². The summed E-state index contributed by atoms with van der Waals surface area (Å²) in [6.07, 6.45) is 3.81. The molecule has 2 heterocycles. The first-order valence-corrected chi connectivity index (χ1v) is 9.69. The number of hydrogen-bond donors (Lipinski definition) is 1. The molecule has 27 heavy (non-hydrogen) atoms. The van der Waals surface area contributed by atoms with Crippen LogP contribution < -0.4 is 5.32 Å². The summed E-state index contributed by atoms with van der Waals surface area (Å²) in [5.41, 5.74) is 0.802. The van der Waals surface area contributed by atoms with Crippen molar-refractivity contribution in [3.8, 4) is 0 Å². The van der Waals surface area contributed by atoms with Crippen LogP contribution in [-0.2, 0) is 18.3 Å². The van der Waals surface area contributed by atoms with Gasteiger partial charge in [0.25, 0.3) is 0 Å². The molecule has 0 atom stereocenters. The smallest absolute Gasteiger partial charge is 0.410 e. The van der Waals surface area contributed by atoms with Gasteiger partial charge in [-0.15, -0.1) is 0 Å². The molecule has 1 aliphatic rings. The molecule has 152 valence electrons. The first-order valence-electron chi connectivity index (χ1n) is 9.69. The third kappa shape index (κ3) is 6.48. The molecule has 1 aromatic heterocycles. The molecule has 0 bridgehead atoms. The molecular formula is C20H35N5O2. The van der Waals surface area contributed by atoms with Crippen LogP contribution in [0.1, 0.15) is 39.3 Å². The summed E-state index contributed by atoms with van der Waals surface area (Å²) in [4.78, 5) is 20.5. The molecule has 0 aromatic carbocycles. The van der Waals surface area contributed by atoms with E-state index in [0.717, 1.165) is 45.0 Å². The summed E-state index contributed by atoms with van der Waals surface area (Å²) in [7, 11) is 5.92. The van der Waals surface area contributed by atoms with Gasteiger partial charge in [-0.1, -0.05) is 0 Å². The lowest BCUT2D eigenvalue weighted by molar-refractivity contribution is 0.0185. The fraction of sp³-hybridized carbons (Fsp3) is 0.700. The molecule has 1 saturated heterocycles. The fourth-order valence-electron chi connectivity index (χ4n) is 3.25. The van der Waals surface area contributed by atoms with Crippen LogP contribution in [0, 0.1) is 5.92 Å². The lowest BCUT2D eigenvalue weighted by atomic mass is 9.97. The van der Waals surface area contributed by atoms with E-state index in [1.54, 1.807) is 0 Å². The third-order valence-electron chi connectivity index (χ3n) is 4.84. The highest BCUT2D eigenvalue weighted by Gasteiger charge is 2.27. The van der Waals surface area contributed by atoms with Gasteiger partial charge in [0.05, 0.1) is 6.54 Å². The summed E-state index contributed by atoms with van der Waals surface area (Å²) in [5, 5.41) is 3.49. The zero-order valence-corrected chi connectivity index (χ0v) is 17.7. The van der Waals surface area contributed by atoms with Crippen LogP contribution in [0.3, 0.4) is 0 Å². The minimum Gasteiger partial charge on any atom is -0.444 e. The number of hydrogen-bond acceptors (Lipinski definition) is 3. The van der Waals surface area contributed by atoms with Crippen molar-refractivity contribution in [1.82, 2.24) is 19.7 Å². The van der Waals surface area contributed by atoms with Gasteiger partial charge < -0.3 is 24.4 Å². The second kappa shape index (κ2) is 9.15. The molecule has 0 spiro atoms. The highest BCUT2D eigenvalue weighted by molar-refractivity contribution is 5.79. The Kier molecular flexibility index (Phi) is 7.16. The SMILES string of the molecule is CN=C(NCC1CCN(C(=O)OC(C)(C)C)CC1)N(C)Cc1cccn1C. The maximum atomic E-state index is 12.2. The molecule has 7 heteroatoms. The Morgan fingerprint density at radius 3 is 2.56 bits per heavy atom. The molecule has 2 rings (SSSR count). The number of rotatable bonds is 4. The highest BCUT2D eigenvalue weighted by Crippen LogP contribution is 2.19. The predicted molar refractivity (Wildman–Crippen MR) is 109 cm³/mol. The van der Waals surface area contributed by atoms with Crippen LogP contribution in [0.25, 0.3) is 0 Å². The normalized spacial score (nSPS) is 16.4. The van der Waals surface area contributed by atoms with Gasteiger partial charge in [0.2, 0.25) is 0 Å². The number of nitrogens with zero attached hydrogens (tertiary/aromatic N) is 4. The molecule has 1 aromatic rings. The van der Waals surface area contributed by atoms with Crippen LogP contribution in [-0.4, -0.2) is 65.8 Å². The van der Waals surface area contributed by atoms with Gasteiger partial charge in [0.15, 0.2) is 5.96 Å². The van der Waals surface area contributed by atoms with Crippen molar-refractivity contribution in [3.05, 3.63) is 24.0 Å². The lowest BCUT2D eigenvalue weighted by Gasteiger charge is -2.34. The molecule has 1 amide bonds. The first-order chi connectivity index (χ1) is 12.7. The second-order valence-electron chi connectivity index (χ2n) is 8.31. The van der Waals surface area contributed by atoms with Crippen molar-refractivity contribution in [2.75, 3.05) is 33.7 Å². The zero-order chi connectivity index (χ0) is 20.0. The number of amides is 1. The summed E-state index contributed by atoms with van der Waals surface area (Å²) in [6, 6.07) is 4.17. The summed E-state index contributed by atoms with van der Waals surface area (Å²) >= 11 is 0. The standard InChI is InChI=1S/C20H35N5O2/c1-20(2,3)27-19(26)25-12-9-16(10-13-25)14-22-18(21-4)24(6)15-17-8-7-11-23(17)5/h7-8,11,16H,9-10,12-15H2,1-6H3,(H,21,22). The Hall–Kier alpha value is -2.18. The van der Waals surface area contributed by atoms with Gasteiger partial charge in [-0.3, -0.25) is 4.99 Å². The van der Waals surface area contributed by atoms with Crippen LogP contribution in [0.2, 0.25) is 0 Å². The fourth-order valence-corrected chi connectivity index (χ4v) is 3.25. The van der Waals surface area contributed by atoms with Crippen molar-refractivity contribution in [3.63, 3.8) is 0 Å². The van der Waals surface area contributed by atoms with Crippen molar-refractivity contribution in [2.24, 2.45) is 18.0 Å². The van der Waals surface area contributed by atoms with Crippen molar-refractivity contribution < 1.29 is 9.53 Å². The van der Waals surface area contributed by atoms with Gasteiger partial charge in [-0.25, -0.2) is 4.79 Å². The summed E-state index contributed by atoms with van der Waals surface area (Å²) in [6.45, 7) is 8.88. The number of guanidine groups is 1. The maximum absolute atomic E-state index is 12.2. The lowest BCUT2D eigenvalue weighted by Crippen LogP contribution is -2.45. The van der Waals surface area contributed by atoms with Gasteiger partial charge in [-0.2, -0.15) is 0 Å². The molecular weight excluding hydrogens is 342 g/mol. The number of likely N-dealkylation sites (tertiary alicyclic amines) is 1. The summed E-state index contributed by atoms with van der Waals surface area (Å²) < 4.78 is 7.58. The van der Waals surface area contributed by atoms with E-state index in [9.17, 15) is 4.79 Å². The van der Waals surface area contributed by atoms with E-state index in [2.05, 4.69) is 45.2 Å². The molecule has 1 fully saturated rings. The highest BCUT2D eigenvalue weighted by atomic mass is 16.6. The topological polar surface area (TPSA) is 62.1 Å². The number of carbonyl (C=O) groups is 1. The van der Waals surface area contributed by atoms with Crippen molar-refractivity contribution >= 4 is 12.1 Å². The maximum Gasteiger partial charge on any atom is 0.410 e. The van der Waals surface area contributed by atoms with E-state index in [0.29, 0.717) is 5.92 Å². The number of aryl methyl sites for hydroxylation is 1. The molecule has 0 aliphatic carbocycles. The Morgan fingerprint density at radius 1 is 1.37 bits per heavy atom. The van der Waals surface area contributed by atoms with E-state index in [4.69, 9.17) is 4.74 Å². The van der Waals surface area contributed by atoms with Gasteiger partial charge >= 0.3 is 6.09 Å². The van der Waals surface area contributed by atoms with Crippen molar-refractivity contribution in [2.45, 2.75) is 45.8 Å². The summed E-state index contributed by atoms with van der Waals surface area (Å²) in [5.74, 6) is 1.43. The Labute approximate surface area is 163 Å². The van der Waals surface area contributed by atoms with Gasteiger partial charge in [-0.05, 0) is 51.7 Å². The average Bonchev–Trinajstić information content (AvgIpc) is 2.99. The minimum absolute atomic E-state index is 0.202. The van der Waals surface area contributed by atoms with Crippen LogP contribution in [0.5, 0.6) is 0 Å². The van der Waals surface area contributed by atoms with E-state index in [1.165, 1.54) is 5.69 Å².